The molecule has 1 amide bonds. The molecule has 0 heterocycles. The molecule has 0 bridgehead atoms. The molecule has 0 radical (unpaired) electrons. The molecule has 1 aliphatic carbocycles. The molecule has 0 saturated heterocycles. The first-order valence-corrected chi connectivity index (χ1v) is 6.48. The van der Waals surface area contributed by atoms with Crippen LogP contribution in [0.5, 0.6) is 0 Å². The molecule has 1 N–H and O–H groups in total. The van der Waals surface area contributed by atoms with E-state index in [-0.39, 0.29) is 11.9 Å². The van der Waals surface area contributed by atoms with E-state index < -0.39 is 12.0 Å². The van der Waals surface area contributed by atoms with Crippen LogP contribution in [0.1, 0.15) is 26.2 Å². The third kappa shape index (κ3) is 3.41. The Labute approximate surface area is 94.0 Å². The zero-order chi connectivity index (χ0) is 11.4. The van der Waals surface area contributed by atoms with E-state index in [0.717, 1.165) is 18.6 Å². The molecule has 15 heavy (non-hydrogen) atoms. The quantitative estimate of drug-likeness (QED) is 0.746. The van der Waals surface area contributed by atoms with Gasteiger partial charge >= 0.3 is 5.97 Å². The average molecular weight is 231 g/mol. The van der Waals surface area contributed by atoms with Crippen LogP contribution in [0, 0.1) is 0 Å². The molecule has 1 aliphatic rings. The fourth-order valence-corrected chi connectivity index (χ4v) is 2.15. The molecular formula is C10H17NO3S. The molecule has 0 aromatic rings. The Morgan fingerprint density at radius 1 is 1.53 bits per heavy atom. The van der Waals surface area contributed by atoms with E-state index in [1.165, 1.54) is 6.92 Å². The zero-order valence-corrected chi connectivity index (χ0v) is 9.92. The maximum Gasteiger partial charge on any atom is 0.326 e. The van der Waals surface area contributed by atoms with Crippen LogP contribution < -0.4 is 0 Å². The van der Waals surface area contributed by atoms with Gasteiger partial charge in [-0.2, -0.15) is 11.8 Å². The molecule has 0 aliphatic heterocycles. The third-order valence-electron chi connectivity index (χ3n) is 2.52. The summed E-state index contributed by atoms with van der Waals surface area (Å²) in [5.74, 6) is -0.231. The summed E-state index contributed by atoms with van der Waals surface area (Å²) in [6, 6.07) is -0.465. The number of hydrogen-bond acceptors (Lipinski definition) is 3. The lowest BCUT2D eigenvalue weighted by atomic mass is 10.2. The van der Waals surface area contributed by atoms with Gasteiger partial charge in [0.1, 0.15) is 6.04 Å². The van der Waals surface area contributed by atoms with Crippen molar-refractivity contribution in [2.24, 2.45) is 0 Å². The number of carboxylic acids is 1. The molecule has 1 atom stereocenters. The van der Waals surface area contributed by atoms with Gasteiger partial charge in [0.25, 0.3) is 0 Å². The van der Waals surface area contributed by atoms with Gasteiger partial charge in [-0.3, -0.25) is 4.79 Å². The minimum Gasteiger partial charge on any atom is -0.480 e. The number of carbonyl (C=O) groups excluding carboxylic acids is 1. The number of nitrogens with zero attached hydrogens (tertiary/aromatic N) is 1. The van der Waals surface area contributed by atoms with Gasteiger partial charge in [0.2, 0.25) is 5.91 Å². The van der Waals surface area contributed by atoms with Crippen LogP contribution in [-0.2, 0) is 9.59 Å². The summed E-state index contributed by atoms with van der Waals surface area (Å²) in [4.78, 5) is 24.0. The second kappa shape index (κ2) is 5.39. The number of carboxylic acid groups (broad SMARTS) is 1. The summed E-state index contributed by atoms with van der Waals surface area (Å²) in [7, 11) is 0. The Bertz CT molecular complexity index is 253. The van der Waals surface area contributed by atoms with Crippen LogP contribution in [0.2, 0.25) is 0 Å². The first kappa shape index (κ1) is 12.4. The lowest BCUT2D eigenvalue weighted by Crippen LogP contribution is -2.45. The Hall–Kier alpha value is -0.710. The highest BCUT2D eigenvalue weighted by Crippen LogP contribution is 2.30. The van der Waals surface area contributed by atoms with Crippen LogP contribution >= 0.6 is 11.8 Å². The van der Waals surface area contributed by atoms with Crippen LogP contribution in [0.25, 0.3) is 0 Å². The van der Waals surface area contributed by atoms with E-state index in [2.05, 4.69) is 0 Å². The van der Waals surface area contributed by atoms with Crippen molar-refractivity contribution in [3.05, 3.63) is 0 Å². The van der Waals surface area contributed by atoms with Crippen molar-refractivity contribution in [2.45, 2.75) is 38.3 Å². The van der Waals surface area contributed by atoms with Crippen molar-refractivity contribution in [3.8, 4) is 0 Å². The second-order valence-corrected chi connectivity index (χ2v) is 4.78. The molecule has 4 nitrogen and oxygen atoms in total. The number of hydrogen-bond donors (Lipinski definition) is 1. The second-order valence-electron chi connectivity index (χ2n) is 3.79. The Balaban J connectivity index is 2.65. The fraction of sp³-hybridized carbons (Fsp3) is 0.800. The summed E-state index contributed by atoms with van der Waals surface area (Å²) >= 11 is 1.61. The molecule has 1 fully saturated rings. The van der Waals surface area contributed by atoms with Crippen molar-refractivity contribution in [1.82, 2.24) is 4.90 Å². The van der Waals surface area contributed by atoms with E-state index in [1.807, 2.05) is 6.26 Å². The lowest BCUT2D eigenvalue weighted by Gasteiger charge is -2.27. The summed E-state index contributed by atoms with van der Waals surface area (Å²) in [6.45, 7) is 1.45. The highest BCUT2D eigenvalue weighted by Gasteiger charge is 2.38. The predicted molar refractivity (Wildman–Crippen MR) is 60.0 cm³/mol. The fourth-order valence-electron chi connectivity index (χ4n) is 1.69. The Morgan fingerprint density at radius 2 is 2.13 bits per heavy atom. The van der Waals surface area contributed by atoms with E-state index in [0.29, 0.717) is 6.42 Å². The van der Waals surface area contributed by atoms with Gasteiger partial charge in [0, 0.05) is 13.0 Å². The summed E-state index contributed by atoms with van der Waals surface area (Å²) in [5, 5.41) is 9.09. The number of rotatable bonds is 6. The normalized spacial score (nSPS) is 17.2. The van der Waals surface area contributed by atoms with Gasteiger partial charge in [-0.1, -0.05) is 0 Å². The molecule has 0 aromatic heterocycles. The van der Waals surface area contributed by atoms with E-state index >= 15 is 0 Å². The molecule has 1 saturated carbocycles. The number of thioether (sulfide) groups is 1. The maximum atomic E-state index is 11.4. The molecule has 5 heteroatoms. The van der Waals surface area contributed by atoms with Gasteiger partial charge in [0.05, 0.1) is 0 Å². The van der Waals surface area contributed by atoms with Gasteiger partial charge in [-0.05, 0) is 31.3 Å². The number of aliphatic carboxylic acids is 1. The monoisotopic (exact) mass is 231 g/mol. The van der Waals surface area contributed by atoms with E-state index in [9.17, 15) is 9.59 Å². The smallest absolute Gasteiger partial charge is 0.326 e. The van der Waals surface area contributed by atoms with Crippen molar-refractivity contribution in [3.63, 3.8) is 0 Å². The lowest BCUT2D eigenvalue weighted by molar-refractivity contribution is -0.150. The third-order valence-corrected chi connectivity index (χ3v) is 3.16. The highest BCUT2D eigenvalue weighted by molar-refractivity contribution is 7.98. The van der Waals surface area contributed by atoms with Crippen molar-refractivity contribution >= 4 is 23.6 Å². The maximum absolute atomic E-state index is 11.4. The van der Waals surface area contributed by atoms with Crippen molar-refractivity contribution in [2.75, 3.05) is 12.0 Å². The first-order chi connectivity index (χ1) is 7.07. The minimum atomic E-state index is -0.883. The molecule has 1 unspecified atom stereocenters. The standard InChI is InChI=1S/C10H17NO3S/c1-7(12)11(8-3-4-8)9(10(13)14)5-6-15-2/h8-9H,3-6H2,1-2H3,(H,13,14). The number of carbonyl (C=O) groups is 2. The van der Waals surface area contributed by atoms with Crippen LogP contribution in [-0.4, -0.2) is 46.0 Å². The number of amides is 1. The molecular weight excluding hydrogens is 214 g/mol. The average Bonchev–Trinajstić information content (AvgIpc) is 2.94. The molecule has 86 valence electrons. The summed E-state index contributed by atoms with van der Waals surface area (Å²) < 4.78 is 0. The van der Waals surface area contributed by atoms with Gasteiger partial charge < -0.3 is 10.0 Å². The van der Waals surface area contributed by atoms with Gasteiger partial charge in [-0.15, -0.1) is 0 Å². The Morgan fingerprint density at radius 3 is 2.47 bits per heavy atom. The largest absolute Gasteiger partial charge is 0.480 e. The molecule has 0 spiro atoms. The topological polar surface area (TPSA) is 57.6 Å². The molecule has 0 aromatic carbocycles. The van der Waals surface area contributed by atoms with Gasteiger partial charge in [-0.25, -0.2) is 4.79 Å². The minimum absolute atomic E-state index is 0.119. The Kier molecular flexibility index (Phi) is 4.45. The summed E-state index contributed by atoms with van der Waals surface area (Å²) in [5.41, 5.74) is 0. The van der Waals surface area contributed by atoms with E-state index in [4.69, 9.17) is 5.11 Å². The first-order valence-electron chi connectivity index (χ1n) is 5.08. The highest BCUT2D eigenvalue weighted by atomic mass is 32.2. The van der Waals surface area contributed by atoms with Crippen LogP contribution in [0.4, 0.5) is 0 Å². The van der Waals surface area contributed by atoms with Crippen LogP contribution in [0.15, 0.2) is 0 Å². The summed E-state index contributed by atoms with van der Waals surface area (Å²) in [6.07, 6.45) is 4.37. The van der Waals surface area contributed by atoms with Crippen molar-refractivity contribution < 1.29 is 14.7 Å². The van der Waals surface area contributed by atoms with Gasteiger partial charge in [0.15, 0.2) is 0 Å². The van der Waals surface area contributed by atoms with E-state index in [1.54, 1.807) is 16.7 Å². The predicted octanol–water partition coefficient (Wildman–Crippen LogP) is 1.20. The van der Waals surface area contributed by atoms with Crippen LogP contribution in [0.3, 0.4) is 0 Å². The SMILES string of the molecule is CSCCC(C(=O)O)N(C(C)=O)C1CC1. The molecule has 1 rings (SSSR count). The zero-order valence-electron chi connectivity index (χ0n) is 9.10. The van der Waals surface area contributed by atoms with Crippen molar-refractivity contribution in [1.29, 1.82) is 0 Å².